The van der Waals surface area contributed by atoms with Gasteiger partial charge < -0.3 is 19.4 Å². The largest absolute Gasteiger partial charge is 0.468 e. The molecule has 0 unspecified atom stereocenters. The molecule has 1 aromatic carbocycles. The summed E-state index contributed by atoms with van der Waals surface area (Å²) in [6.45, 7) is 9.87. The van der Waals surface area contributed by atoms with Gasteiger partial charge in [0.15, 0.2) is 6.79 Å². The quantitative estimate of drug-likeness (QED) is 0.434. The van der Waals surface area contributed by atoms with E-state index in [1.165, 1.54) is 0 Å². The molecular formula is C19H28N2O3Si. The molecule has 1 amide bonds. The number of rotatable bonds is 8. The Morgan fingerprint density at radius 1 is 1.16 bits per heavy atom. The summed E-state index contributed by atoms with van der Waals surface area (Å²) in [7, 11) is 0.858. The van der Waals surface area contributed by atoms with Gasteiger partial charge in [-0.25, -0.2) is 0 Å². The minimum Gasteiger partial charge on any atom is -0.468 e. The Labute approximate surface area is 151 Å². The maximum absolute atomic E-state index is 12.3. The maximum Gasteiger partial charge on any atom is 0.257 e. The molecule has 1 N–H and O–H groups in total. The van der Waals surface area contributed by atoms with Crippen LogP contribution < -0.4 is 10.1 Å². The lowest BCUT2D eigenvalue weighted by atomic mass is 10.2. The van der Waals surface area contributed by atoms with Crippen LogP contribution in [0.4, 0.5) is 5.69 Å². The van der Waals surface area contributed by atoms with E-state index in [0.717, 1.165) is 29.8 Å². The molecule has 0 fully saturated rings. The smallest absolute Gasteiger partial charge is 0.257 e. The van der Waals surface area contributed by atoms with Crippen molar-refractivity contribution >= 4 is 19.7 Å². The molecule has 0 saturated heterocycles. The lowest BCUT2D eigenvalue weighted by Crippen LogP contribution is -2.22. The van der Waals surface area contributed by atoms with Gasteiger partial charge in [-0.1, -0.05) is 19.6 Å². The summed E-state index contributed by atoms with van der Waals surface area (Å²) in [6, 6.07) is 10.3. The van der Waals surface area contributed by atoms with Gasteiger partial charge in [-0.2, -0.15) is 0 Å². The fourth-order valence-electron chi connectivity index (χ4n) is 2.23. The van der Waals surface area contributed by atoms with Gasteiger partial charge in [-0.05, 0) is 43.3 Å². The molecule has 0 aliphatic heterocycles. The van der Waals surface area contributed by atoms with Crippen molar-refractivity contribution in [3.8, 4) is 5.75 Å². The molecule has 1 aromatic heterocycles. The van der Waals surface area contributed by atoms with Crippen LogP contribution in [-0.4, -0.2) is 31.9 Å². The fraction of sp³-hybridized carbons (Fsp3) is 0.421. The molecule has 25 heavy (non-hydrogen) atoms. The zero-order chi connectivity index (χ0) is 18.4. The van der Waals surface area contributed by atoms with Crippen LogP contribution in [0.15, 0.2) is 36.5 Å². The maximum atomic E-state index is 12.3. The van der Waals surface area contributed by atoms with Crippen LogP contribution >= 0.6 is 0 Å². The molecule has 136 valence electrons. The van der Waals surface area contributed by atoms with Crippen molar-refractivity contribution in [1.29, 1.82) is 0 Å². The highest BCUT2D eigenvalue weighted by Crippen LogP contribution is 2.18. The number of ether oxygens (including phenoxy) is 2. The lowest BCUT2D eigenvalue weighted by Gasteiger charge is -2.15. The van der Waals surface area contributed by atoms with E-state index in [9.17, 15) is 4.79 Å². The number of nitrogens with one attached hydrogen (secondary N) is 1. The first kappa shape index (κ1) is 19.3. The van der Waals surface area contributed by atoms with Gasteiger partial charge >= 0.3 is 0 Å². The summed E-state index contributed by atoms with van der Waals surface area (Å²) in [5.74, 6) is 0.614. The lowest BCUT2D eigenvalue weighted by molar-refractivity contribution is 0.0220. The highest BCUT2D eigenvalue weighted by atomic mass is 28.3. The third-order valence-corrected chi connectivity index (χ3v) is 5.75. The Balaban J connectivity index is 1.80. The van der Waals surface area contributed by atoms with Crippen molar-refractivity contribution in [3.63, 3.8) is 0 Å². The van der Waals surface area contributed by atoms with E-state index in [4.69, 9.17) is 9.47 Å². The van der Waals surface area contributed by atoms with E-state index in [0.29, 0.717) is 5.56 Å². The molecule has 0 bridgehead atoms. The number of carbonyl (C=O) groups is 1. The molecule has 5 nitrogen and oxygen atoms in total. The van der Waals surface area contributed by atoms with Crippen LogP contribution in [0.3, 0.4) is 0 Å². The highest BCUT2D eigenvalue weighted by Gasteiger charge is 2.12. The second-order valence-corrected chi connectivity index (χ2v) is 13.0. The summed E-state index contributed by atoms with van der Waals surface area (Å²) in [6.07, 6.45) is 1.88. The number of benzene rings is 1. The molecule has 0 spiro atoms. The van der Waals surface area contributed by atoms with Gasteiger partial charge in [0.05, 0.1) is 5.56 Å². The van der Waals surface area contributed by atoms with Crippen molar-refractivity contribution in [2.45, 2.75) is 32.6 Å². The van der Waals surface area contributed by atoms with Crippen molar-refractivity contribution in [2.75, 3.05) is 18.7 Å². The first-order valence-electron chi connectivity index (χ1n) is 8.50. The van der Waals surface area contributed by atoms with Crippen LogP contribution in [0.2, 0.25) is 25.7 Å². The fourth-order valence-corrected chi connectivity index (χ4v) is 2.99. The number of amides is 1. The van der Waals surface area contributed by atoms with Crippen molar-refractivity contribution in [1.82, 2.24) is 4.57 Å². The Morgan fingerprint density at radius 3 is 2.40 bits per heavy atom. The number of aromatic nitrogens is 1. The summed E-state index contributed by atoms with van der Waals surface area (Å²) >= 11 is 0. The van der Waals surface area contributed by atoms with E-state index in [-0.39, 0.29) is 12.7 Å². The molecule has 0 aliphatic carbocycles. The molecule has 2 rings (SSSR count). The second-order valence-electron chi connectivity index (χ2n) is 7.39. The Morgan fingerprint density at radius 2 is 1.84 bits per heavy atom. The minimum absolute atomic E-state index is 0.110. The molecule has 0 aliphatic rings. The number of nitrogens with zero attached hydrogens (tertiary/aromatic N) is 1. The van der Waals surface area contributed by atoms with Crippen LogP contribution in [-0.2, 0) is 11.8 Å². The van der Waals surface area contributed by atoms with Crippen LogP contribution in [0.5, 0.6) is 5.75 Å². The second kappa shape index (κ2) is 8.36. The zero-order valence-corrected chi connectivity index (χ0v) is 16.8. The molecule has 2 aromatic rings. The Hall–Kier alpha value is -2.05. The molecule has 0 saturated carbocycles. The Bertz CT molecular complexity index is 702. The Kier molecular flexibility index (Phi) is 6.44. The average Bonchev–Trinajstić information content (AvgIpc) is 2.87. The van der Waals surface area contributed by atoms with Gasteiger partial charge in [-0.3, -0.25) is 4.79 Å². The number of carbonyl (C=O) groups excluding carboxylic acids is 1. The van der Waals surface area contributed by atoms with Crippen LogP contribution in [0, 0.1) is 6.92 Å². The van der Waals surface area contributed by atoms with Gasteiger partial charge in [0.25, 0.3) is 5.91 Å². The van der Waals surface area contributed by atoms with E-state index < -0.39 is 8.07 Å². The number of hydrogen-bond acceptors (Lipinski definition) is 3. The van der Waals surface area contributed by atoms with Crippen molar-refractivity contribution in [3.05, 3.63) is 47.8 Å². The van der Waals surface area contributed by atoms with E-state index in [1.807, 2.05) is 55.1 Å². The van der Waals surface area contributed by atoms with Gasteiger partial charge in [0.1, 0.15) is 5.75 Å². The highest BCUT2D eigenvalue weighted by molar-refractivity contribution is 6.76. The summed E-state index contributed by atoms with van der Waals surface area (Å²) in [5.41, 5.74) is 2.35. The van der Waals surface area contributed by atoms with Gasteiger partial charge in [0, 0.05) is 39.3 Å². The number of aryl methyl sites for hydroxylation is 1. The third-order valence-electron chi connectivity index (χ3n) is 4.05. The van der Waals surface area contributed by atoms with Crippen LogP contribution in [0.25, 0.3) is 0 Å². The molecule has 0 radical (unpaired) electrons. The third kappa shape index (κ3) is 6.06. The monoisotopic (exact) mass is 360 g/mol. The number of hydrogen-bond donors (Lipinski definition) is 1. The molecule has 1 heterocycles. The summed E-state index contributed by atoms with van der Waals surface area (Å²) < 4.78 is 13.0. The molecule has 6 heteroatoms. The van der Waals surface area contributed by atoms with Gasteiger partial charge in [0.2, 0.25) is 0 Å². The van der Waals surface area contributed by atoms with E-state index in [2.05, 4.69) is 25.0 Å². The topological polar surface area (TPSA) is 52.5 Å². The number of anilines is 1. The molecular weight excluding hydrogens is 332 g/mol. The SMILES string of the molecule is Cc1c(C(=O)Nc2ccc(OCOCC[Si](C)(C)C)cc2)ccn1C. The van der Waals surface area contributed by atoms with E-state index >= 15 is 0 Å². The average molecular weight is 361 g/mol. The molecule has 0 atom stereocenters. The van der Waals surface area contributed by atoms with Crippen molar-refractivity contribution in [2.24, 2.45) is 7.05 Å². The standard InChI is InChI=1S/C19H28N2O3Si/c1-15-18(10-11-21(15)2)19(22)20-16-6-8-17(9-7-16)24-14-23-12-13-25(3,4)5/h6-11H,12-14H2,1-5H3,(H,20,22). The van der Waals surface area contributed by atoms with Crippen molar-refractivity contribution < 1.29 is 14.3 Å². The summed E-state index contributed by atoms with van der Waals surface area (Å²) in [5, 5.41) is 2.90. The summed E-state index contributed by atoms with van der Waals surface area (Å²) in [4.78, 5) is 12.3. The first-order chi connectivity index (χ1) is 11.8. The predicted molar refractivity (Wildman–Crippen MR) is 104 cm³/mol. The minimum atomic E-state index is -1.06. The van der Waals surface area contributed by atoms with Crippen LogP contribution in [0.1, 0.15) is 16.1 Å². The van der Waals surface area contributed by atoms with Gasteiger partial charge in [-0.15, -0.1) is 0 Å². The van der Waals surface area contributed by atoms with E-state index in [1.54, 1.807) is 0 Å². The predicted octanol–water partition coefficient (Wildman–Crippen LogP) is 4.28. The zero-order valence-electron chi connectivity index (χ0n) is 15.8. The first-order valence-corrected chi connectivity index (χ1v) is 12.2. The normalized spacial score (nSPS) is 11.4.